The molecule has 0 aliphatic rings. The summed E-state index contributed by atoms with van der Waals surface area (Å²) < 4.78 is 13.6. The lowest BCUT2D eigenvalue weighted by molar-refractivity contribution is -0.132. The highest BCUT2D eigenvalue weighted by molar-refractivity contribution is 5.98. The van der Waals surface area contributed by atoms with Crippen LogP contribution in [0.2, 0.25) is 0 Å². The summed E-state index contributed by atoms with van der Waals surface area (Å²) in [5.41, 5.74) is 0.659. The van der Waals surface area contributed by atoms with Crippen molar-refractivity contribution in [1.82, 2.24) is 0 Å². The first-order valence-electron chi connectivity index (χ1n) is 8.03. The molecule has 0 bridgehead atoms. The minimum atomic E-state index is -0.515. The maximum Gasteiger partial charge on any atom is 0.233 e. The van der Waals surface area contributed by atoms with E-state index in [0.29, 0.717) is 5.56 Å². The molecular weight excluding hydrogens is 277 g/mol. The first-order valence-corrected chi connectivity index (χ1v) is 8.03. The zero-order valence-corrected chi connectivity index (χ0v) is 15.2. The Bertz CT molecular complexity index is 543. The van der Waals surface area contributed by atoms with Crippen LogP contribution in [-0.4, -0.2) is 11.9 Å². The monoisotopic (exact) mass is 307 g/mol. The van der Waals surface area contributed by atoms with Crippen molar-refractivity contribution in [2.45, 2.75) is 67.9 Å². The third-order valence-electron chi connectivity index (χ3n) is 5.08. The van der Waals surface area contributed by atoms with Gasteiger partial charge >= 0.3 is 0 Å². The Balaban J connectivity index is 3.36. The molecular formula is C19H30FNO. The molecule has 0 aliphatic carbocycles. The lowest BCUT2D eigenvalue weighted by Crippen LogP contribution is -2.50. The van der Waals surface area contributed by atoms with Crippen LogP contribution in [0, 0.1) is 23.6 Å². The average molecular weight is 307 g/mol. The molecule has 1 aromatic rings. The zero-order valence-electron chi connectivity index (χ0n) is 15.2. The molecule has 0 saturated heterocycles. The van der Waals surface area contributed by atoms with E-state index in [9.17, 15) is 9.18 Å². The number of anilines is 1. The molecule has 2 nitrogen and oxygen atoms in total. The number of halogens is 1. The molecule has 1 aromatic carbocycles. The second-order valence-corrected chi connectivity index (χ2v) is 7.74. The zero-order chi connectivity index (χ0) is 17.3. The second kappa shape index (κ2) is 6.39. The number of hydrogen-bond acceptors (Lipinski definition) is 1. The number of carbonyl (C=O) groups is 1. The van der Waals surface area contributed by atoms with Crippen molar-refractivity contribution in [3.05, 3.63) is 29.6 Å². The lowest BCUT2D eigenvalue weighted by Gasteiger charge is -2.43. The van der Waals surface area contributed by atoms with Gasteiger partial charge in [0.1, 0.15) is 5.82 Å². The van der Waals surface area contributed by atoms with Gasteiger partial charge in [0.15, 0.2) is 0 Å². The molecule has 0 heterocycles. The fourth-order valence-corrected chi connectivity index (χ4v) is 2.16. The highest BCUT2D eigenvalue weighted by atomic mass is 19.1. The lowest BCUT2D eigenvalue weighted by atomic mass is 9.68. The maximum absolute atomic E-state index is 13.6. The van der Waals surface area contributed by atoms with Gasteiger partial charge in [-0.15, -0.1) is 0 Å². The predicted octanol–water partition coefficient (Wildman–Crippen LogP) is 5.34. The van der Waals surface area contributed by atoms with Crippen molar-refractivity contribution >= 4 is 11.6 Å². The molecule has 0 N–H and O–H groups in total. The van der Waals surface area contributed by atoms with Crippen LogP contribution < -0.4 is 4.90 Å². The Morgan fingerprint density at radius 3 is 2.18 bits per heavy atom. The van der Waals surface area contributed by atoms with Gasteiger partial charge in [-0.1, -0.05) is 41.5 Å². The van der Waals surface area contributed by atoms with E-state index in [1.54, 1.807) is 19.1 Å². The van der Waals surface area contributed by atoms with E-state index in [1.807, 2.05) is 25.7 Å². The molecule has 0 aliphatic heterocycles. The third kappa shape index (κ3) is 3.50. The largest absolute Gasteiger partial charge is 0.309 e. The van der Waals surface area contributed by atoms with Crippen LogP contribution in [0.3, 0.4) is 0 Å². The van der Waals surface area contributed by atoms with Crippen LogP contribution in [0.1, 0.15) is 60.5 Å². The molecule has 0 saturated carbocycles. The van der Waals surface area contributed by atoms with Crippen LogP contribution in [-0.2, 0) is 4.79 Å². The maximum atomic E-state index is 13.6. The minimum absolute atomic E-state index is 0.0685. The molecule has 0 aromatic heterocycles. The second-order valence-electron chi connectivity index (χ2n) is 7.74. The number of amides is 1. The Morgan fingerprint density at radius 1 is 1.23 bits per heavy atom. The molecule has 0 fully saturated rings. The average Bonchev–Trinajstić information content (AvgIpc) is 2.41. The molecule has 1 unspecified atom stereocenters. The fraction of sp³-hybridized carbons (Fsp3) is 0.632. The molecule has 1 atom stereocenters. The standard InChI is InChI=1S/C19H30FNO/c1-9-14(3)21(15-10-11-16(20)13(2)12-15)17(22)19(7,8)18(4,5)6/h10-12,14H,9H2,1-8H3. The first kappa shape index (κ1) is 18.7. The van der Waals surface area contributed by atoms with E-state index in [2.05, 4.69) is 27.7 Å². The van der Waals surface area contributed by atoms with Gasteiger partial charge in [0.2, 0.25) is 5.91 Å². The summed E-state index contributed by atoms with van der Waals surface area (Å²) >= 11 is 0. The molecule has 0 radical (unpaired) electrons. The minimum Gasteiger partial charge on any atom is -0.309 e. The number of rotatable bonds is 4. The summed E-state index contributed by atoms with van der Waals surface area (Å²) in [6, 6.07) is 4.97. The van der Waals surface area contributed by atoms with Gasteiger partial charge < -0.3 is 4.90 Å². The molecule has 22 heavy (non-hydrogen) atoms. The summed E-state index contributed by atoms with van der Waals surface area (Å²) in [4.78, 5) is 15.1. The van der Waals surface area contributed by atoms with Crippen molar-refractivity contribution < 1.29 is 9.18 Å². The summed E-state index contributed by atoms with van der Waals surface area (Å²) in [5.74, 6) is -0.157. The van der Waals surface area contributed by atoms with Crippen molar-refractivity contribution in [1.29, 1.82) is 0 Å². The van der Waals surface area contributed by atoms with E-state index >= 15 is 0 Å². The van der Waals surface area contributed by atoms with Gasteiger partial charge in [-0.3, -0.25) is 4.79 Å². The van der Waals surface area contributed by atoms with E-state index in [4.69, 9.17) is 0 Å². The van der Waals surface area contributed by atoms with Crippen molar-refractivity contribution in [3.63, 3.8) is 0 Å². The van der Waals surface area contributed by atoms with Gasteiger partial charge in [-0.2, -0.15) is 0 Å². The molecule has 124 valence electrons. The molecule has 1 rings (SSSR count). The Kier molecular flexibility index (Phi) is 5.42. The van der Waals surface area contributed by atoms with Crippen LogP contribution in [0.25, 0.3) is 0 Å². The Morgan fingerprint density at radius 2 is 1.77 bits per heavy atom. The smallest absolute Gasteiger partial charge is 0.233 e. The fourth-order valence-electron chi connectivity index (χ4n) is 2.16. The normalized spacial score (nSPS) is 13.9. The summed E-state index contributed by atoms with van der Waals surface area (Å²) in [5, 5.41) is 0. The summed E-state index contributed by atoms with van der Waals surface area (Å²) in [7, 11) is 0. The summed E-state index contributed by atoms with van der Waals surface area (Å²) in [6.45, 7) is 16.0. The number of benzene rings is 1. The first-order chi connectivity index (χ1) is 9.93. The van der Waals surface area contributed by atoms with Crippen molar-refractivity contribution in [3.8, 4) is 0 Å². The summed E-state index contributed by atoms with van der Waals surface area (Å²) in [6.07, 6.45) is 0.850. The highest BCUT2D eigenvalue weighted by Crippen LogP contribution is 2.41. The van der Waals surface area contributed by atoms with Gasteiger partial charge in [0.05, 0.1) is 0 Å². The van der Waals surface area contributed by atoms with Gasteiger partial charge in [-0.25, -0.2) is 4.39 Å². The number of nitrogens with zero attached hydrogens (tertiary/aromatic N) is 1. The third-order valence-corrected chi connectivity index (χ3v) is 5.08. The number of hydrogen-bond donors (Lipinski definition) is 0. The Hall–Kier alpha value is -1.38. The van der Waals surface area contributed by atoms with Crippen molar-refractivity contribution in [2.24, 2.45) is 10.8 Å². The van der Waals surface area contributed by atoms with E-state index in [1.165, 1.54) is 6.07 Å². The quantitative estimate of drug-likeness (QED) is 0.735. The van der Waals surface area contributed by atoms with Gasteiger partial charge in [0.25, 0.3) is 0 Å². The van der Waals surface area contributed by atoms with Crippen LogP contribution in [0.4, 0.5) is 10.1 Å². The van der Waals surface area contributed by atoms with Crippen LogP contribution in [0.5, 0.6) is 0 Å². The van der Waals surface area contributed by atoms with Crippen LogP contribution in [0.15, 0.2) is 18.2 Å². The van der Waals surface area contributed by atoms with E-state index < -0.39 is 5.41 Å². The molecule has 0 spiro atoms. The highest BCUT2D eigenvalue weighted by Gasteiger charge is 2.43. The number of carbonyl (C=O) groups excluding carboxylic acids is 1. The SMILES string of the molecule is CCC(C)N(C(=O)C(C)(C)C(C)(C)C)c1ccc(F)c(C)c1. The topological polar surface area (TPSA) is 20.3 Å². The van der Waals surface area contributed by atoms with E-state index in [0.717, 1.165) is 12.1 Å². The van der Waals surface area contributed by atoms with Gasteiger partial charge in [-0.05, 0) is 49.4 Å². The molecule has 1 amide bonds. The van der Waals surface area contributed by atoms with Crippen molar-refractivity contribution in [2.75, 3.05) is 4.90 Å². The molecule has 3 heteroatoms. The number of aryl methyl sites for hydroxylation is 1. The van der Waals surface area contributed by atoms with E-state index in [-0.39, 0.29) is 23.2 Å². The van der Waals surface area contributed by atoms with Crippen LogP contribution >= 0.6 is 0 Å². The predicted molar refractivity (Wildman–Crippen MR) is 91.6 cm³/mol. The van der Waals surface area contributed by atoms with Gasteiger partial charge in [0, 0.05) is 17.1 Å². The Labute approximate surface area is 134 Å².